The van der Waals surface area contributed by atoms with Crippen LogP contribution in [0.15, 0.2) is 54.4 Å². The lowest BCUT2D eigenvalue weighted by Gasteiger charge is -2.34. The summed E-state index contributed by atoms with van der Waals surface area (Å²) >= 11 is 5.93. The Kier molecular flexibility index (Phi) is 10.3. The van der Waals surface area contributed by atoms with Crippen molar-refractivity contribution in [1.82, 2.24) is 15.1 Å². The van der Waals surface area contributed by atoms with Gasteiger partial charge in [-0.25, -0.2) is 8.78 Å². The van der Waals surface area contributed by atoms with Crippen molar-refractivity contribution in [2.24, 2.45) is 5.73 Å². The van der Waals surface area contributed by atoms with Gasteiger partial charge < -0.3 is 26.2 Å². The normalized spacial score (nSPS) is 13.5. The zero-order valence-electron chi connectivity index (χ0n) is 18.6. The molecular weight excluding hydrogens is 468 g/mol. The van der Waals surface area contributed by atoms with Gasteiger partial charge in [0.05, 0.1) is 17.1 Å². The van der Waals surface area contributed by atoms with Crippen molar-refractivity contribution in [3.63, 3.8) is 0 Å². The van der Waals surface area contributed by atoms with E-state index in [0.717, 1.165) is 6.07 Å². The molecule has 1 aliphatic heterocycles. The van der Waals surface area contributed by atoms with Crippen LogP contribution < -0.4 is 16.4 Å². The van der Waals surface area contributed by atoms with Crippen LogP contribution in [0, 0.1) is 11.6 Å². The number of nitrogens with one attached hydrogen (secondary N) is 2. The predicted molar refractivity (Wildman–Crippen MR) is 126 cm³/mol. The monoisotopic (exact) mass is 493 g/mol. The van der Waals surface area contributed by atoms with Crippen molar-refractivity contribution in [2.75, 3.05) is 38.0 Å². The number of anilines is 1. The summed E-state index contributed by atoms with van der Waals surface area (Å²) in [5.74, 6) is -1.35. The zero-order chi connectivity index (χ0) is 25.1. The maximum atomic E-state index is 13.2. The van der Waals surface area contributed by atoms with Crippen molar-refractivity contribution >= 4 is 35.5 Å². The van der Waals surface area contributed by atoms with Gasteiger partial charge >= 0.3 is 0 Å². The fourth-order valence-corrected chi connectivity index (χ4v) is 3.21. The largest absolute Gasteiger partial charge is 0.401 e. The lowest BCUT2D eigenvalue weighted by Crippen LogP contribution is -2.52. The van der Waals surface area contributed by atoms with Crippen LogP contribution in [-0.4, -0.2) is 60.7 Å². The molecule has 4 N–H and O–H groups in total. The van der Waals surface area contributed by atoms with Gasteiger partial charge in [0.2, 0.25) is 12.3 Å². The van der Waals surface area contributed by atoms with E-state index in [0.29, 0.717) is 44.0 Å². The van der Waals surface area contributed by atoms with Crippen LogP contribution in [0.5, 0.6) is 0 Å². The number of amides is 3. The summed E-state index contributed by atoms with van der Waals surface area (Å²) in [5.41, 5.74) is 6.84. The number of hydrogen-bond donors (Lipinski definition) is 3. The molecule has 1 saturated heterocycles. The van der Waals surface area contributed by atoms with Crippen molar-refractivity contribution in [1.29, 1.82) is 0 Å². The first-order valence-electron chi connectivity index (χ1n) is 10.3. The first kappa shape index (κ1) is 26.6. The molecule has 34 heavy (non-hydrogen) atoms. The minimum atomic E-state index is -0.526. The second kappa shape index (κ2) is 13.1. The summed E-state index contributed by atoms with van der Waals surface area (Å²) in [6.45, 7) is 3.08. The first-order valence-corrected chi connectivity index (χ1v) is 10.7. The topological polar surface area (TPSA) is 108 Å². The Bertz CT molecular complexity index is 1040. The minimum absolute atomic E-state index is 0.0623. The molecule has 0 unspecified atom stereocenters. The molecule has 8 nitrogen and oxygen atoms in total. The Balaban J connectivity index is 0.000000287. The molecule has 3 amide bonds. The highest BCUT2D eigenvalue weighted by molar-refractivity contribution is 6.33. The lowest BCUT2D eigenvalue weighted by molar-refractivity contribution is -0.132. The van der Waals surface area contributed by atoms with E-state index >= 15 is 0 Å². The van der Waals surface area contributed by atoms with E-state index in [1.807, 2.05) is 0 Å². The zero-order valence-corrected chi connectivity index (χ0v) is 19.3. The Hall–Kier alpha value is -3.66. The van der Waals surface area contributed by atoms with Crippen LogP contribution >= 0.6 is 11.6 Å². The van der Waals surface area contributed by atoms with Gasteiger partial charge in [0.25, 0.3) is 5.91 Å². The summed E-state index contributed by atoms with van der Waals surface area (Å²) in [6, 6.07) is 9.84. The standard InChI is InChI=1S/C14H15ClFN3O3.C9H11FN2/c15-12-2-1-10(16)7-11(12)14(22)19-5-3-18(4-6-19)13(21)8-17-9-20;1-7(11)6-12-9-4-2-3-8(10)5-9/h1-2,7,9H,3-6,8H2,(H,17,20);2-6,12H,11H2,1H3/b;7-6-. The molecule has 11 heteroatoms. The molecule has 0 saturated carbocycles. The summed E-state index contributed by atoms with van der Waals surface area (Å²) < 4.78 is 25.8. The van der Waals surface area contributed by atoms with Crippen LogP contribution in [0.3, 0.4) is 0 Å². The number of piperazine rings is 1. The molecule has 2 aromatic rings. The SMILES string of the molecule is C/C(N)=C/Nc1cccc(F)c1.O=CNCC(=O)N1CCN(C(=O)c2cc(F)ccc2Cl)CC1. The van der Waals surface area contributed by atoms with E-state index in [9.17, 15) is 23.2 Å². The summed E-state index contributed by atoms with van der Waals surface area (Å²) in [4.78, 5) is 37.3. The maximum Gasteiger partial charge on any atom is 0.255 e. The van der Waals surface area contributed by atoms with Crippen molar-refractivity contribution in [2.45, 2.75) is 6.92 Å². The Morgan fingerprint density at radius 1 is 1.06 bits per heavy atom. The molecule has 0 radical (unpaired) electrons. The smallest absolute Gasteiger partial charge is 0.255 e. The second-order valence-corrected chi connectivity index (χ2v) is 7.75. The van der Waals surface area contributed by atoms with Crippen LogP contribution in [-0.2, 0) is 9.59 Å². The second-order valence-electron chi connectivity index (χ2n) is 7.34. The number of halogens is 3. The highest BCUT2D eigenvalue weighted by Gasteiger charge is 2.25. The average Bonchev–Trinajstić information content (AvgIpc) is 2.83. The molecule has 1 heterocycles. The minimum Gasteiger partial charge on any atom is -0.401 e. The highest BCUT2D eigenvalue weighted by Crippen LogP contribution is 2.20. The molecule has 0 aromatic heterocycles. The molecule has 1 fully saturated rings. The van der Waals surface area contributed by atoms with Gasteiger partial charge in [-0.15, -0.1) is 0 Å². The molecule has 0 atom stereocenters. The number of nitrogens with two attached hydrogens (primary N) is 1. The predicted octanol–water partition coefficient (Wildman–Crippen LogP) is 2.57. The third kappa shape index (κ3) is 8.36. The van der Waals surface area contributed by atoms with Crippen LogP contribution in [0.4, 0.5) is 14.5 Å². The van der Waals surface area contributed by atoms with E-state index in [1.54, 1.807) is 30.2 Å². The third-order valence-electron chi connectivity index (χ3n) is 4.71. The maximum absolute atomic E-state index is 13.2. The van der Waals surface area contributed by atoms with Gasteiger partial charge in [-0.1, -0.05) is 17.7 Å². The molecule has 0 spiro atoms. The Labute approximate surface area is 201 Å². The van der Waals surface area contributed by atoms with Crippen molar-refractivity contribution in [3.05, 3.63) is 76.6 Å². The van der Waals surface area contributed by atoms with E-state index in [2.05, 4.69) is 10.6 Å². The van der Waals surface area contributed by atoms with Gasteiger partial charge in [0.15, 0.2) is 0 Å². The molecule has 0 bridgehead atoms. The van der Waals surface area contributed by atoms with Gasteiger partial charge in [-0.3, -0.25) is 14.4 Å². The van der Waals surface area contributed by atoms with E-state index in [1.165, 1.54) is 29.2 Å². The third-order valence-corrected chi connectivity index (χ3v) is 5.04. The van der Waals surface area contributed by atoms with Gasteiger partial charge in [-0.05, 0) is 43.3 Å². The number of benzene rings is 2. The van der Waals surface area contributed by atoms with Gasteiger partial charge in [-0.2, -0.15) is 0 Å². The fraction of sp³-hybridized carbons (Fsp3) is 0.261. The number of rotatable bonds is 6. The Morgan fingerprint density at radius 3 is 2.32 bits per heavy atom. The molecule has 182 valence electrons. The first-order chi connectivity index (χ1) is 16.2. The molecule has 1 aliphatic rings. The van der Waals surface area contributed by atoms with Crippen molar-refractivity contribution < 1.29 is 23.2 Å². The summed E-state index contributed by atoms with van der Waals surface area (Å²) in [6.07, 6.45) is 2.08. The van der Waals surface area contributed by atoms with Crippen LogP contribution in [0.1, 0.15) is 17.3 Å². The number of carbonyl (C=O) groups excluding carboxylic acids is 3. The van der Waals surface area contributed by atoms with E-state index in [4.69, 9.17) is 17.3 Å². The highest BCUT2D eigenvalue weighted by atomic mass is 35.5. The number of allylic oxidation sites excluding steroid dienone is 1. The molecule has 0 aliphatic carbocycles. The lowest BCUT2D eigenvalue weighted by atomic mass is 10.1. The van der Waals surface area contributed by atoms with Gasteiger partial charge in [0.1, 0.15) is 11.6 Å². The summed E-state index contributed by atoms with van der Waals surface area (Å²) in [5, 5.41) is 5.36. The molecular formula is C23H26ClF2N5O3. The Morgan fingerprint density at radius 2 is 1.71 bits per heavy atom. The molecule has 2 aromatic carbocycles. The number of carbonyl (C=O) groups is 3. The van der Waals surface area contributed by atoms with E-state index < -0.39 is 5.82 Å². The van der Waals surface area contributed by atoms with E-state index in [-0.39, 0.29) is 34.8 Å². The van der Waals surface area contributed by atoms with Gasteiger partial charge in [0, 0.05) is 43.8 Å². The number of nitrogens with zero attached hydrogens (tertiary/aromatic N) is 2. The van der Waals surface area contributed by atoms with Crippen LogP contribution in [0.2, 0.25) is 5.02 Å². The van der Waals surface area contributed by atoms with Crippen molar-refractivity contribution in [3.8, 4) is 0 Å². The molecule has 3 rings (SSSR count). The fourth-order valence-electron chi connectivity index (χ4n) is 3.01. The number of hydrogen-bond acceptors (Lipinski definition) is 5. The van der Waals surface area contributed by atoms with Crippen LogP contribution in [0.25, 0.3) is 0 Å². The quantitative estimate of drug-likeness (QED) is 0.536. The average molecular weight is 494 g/mol. The summed E-state index contributed by atoms with van der Waals surface area (Å²) in [7, 11) is 0.